The topological polar surface area (TPSA) is 55.0 Å². The molecule has 0 fully saturated rings. The average Bonchev–Trinajstić information content (AvgIpc) is 2.20. The lowest BCUT2D eigenvalue weighted by Crippen LogP contribution is -2.24. The first-order valence-electron chi connectivity index (χ1n) is 4.34. The zero-order chi connectivity index (χ0) is 10.4. The van der Waals surface area contributed by atoms with E-state index in [2.05, 4.69) is 0 Å². The van der Waals surface area contributed by atoms with Crippen molar-refractivity contribution in [2.75, 3.05) is 13.7 Å². The first-order valence-corrected chi connectivity index (χ1v) is 4.34. The Morgan fingerprint density at radius 1 is 1.64 bits per heavy atom. The van der Waals surface area contributed by atoms with Crippen molar-refractivity contribution in [3.63, 3.8) is 0 Å². The molecule has 0 aromatic carbocycles. The van der Waals surface area contributed by atoms with Gasteiger partial charge in [-0.2, -0.15) is 5.26 Å². The van der Waals surface area contributed by atoms with Gasteiger partial charge in [0.1, 0.15) is 0 Å². The summed E-state index contributed by atoms with van der Waals surface area (Å²) >= 11 is 0. The predicted octanol–water partition coefficient (Wildman–Crippen LogP) is 0.561. The summed E-state index contributed by atoms with van der Waals surface area (Å²) in [5, 5.41) is 8.49. The maximum absolute atomic E-state index is 11.6. The van der Waals surface area contributed by atoms with Crippen LogP contribution in [0.5, 0.6) is 0 Å². The van der Waals surface area contributed by atoms with Gasteiger partial charge in [0.15, 0.2) is 0 Å². The van der Waals surface area contributed by atoms with Crippen LogP contribution in [-0.4, -0.2) is 18.3 Å². The minimum Gasteiger partial charge on any atom is -0.383 e. The van der Waals surface area contributed by atoms with Gasteiger partial charge in [-0.25, -0.2) is 0 Å². The fourth-order valence-electron chi connectivity index (χ4n) is 1.17. The third-order valence-electron chi connectivity index (χ3n) is 1.90. The van der Waals surface area contributed by atoms with Crippen LogP contribution in [-0.2, 0) is 17.7 Å². The molecule has 1 aromatic heterocycles. The first-order chi connectivity index (χ1) is 6.79. The Hall–Kier alpha value is -1.60. The van der Waals surface area contributed by atoms with E-state index in [9.17, 15) is 4.79 Å². The molecular formula is C10H12N2O2. The number of ether oxygens (including phenoxy) is 1. The van der Waals surface area contributed by atoms with E-state index in [1.807, 2.05) is 6.07 Å². The van der Waals surface area contributed by atoms with Crippen LogP contribution in [0.3, 0.4) is 0 Å². The molecule has 0 unspecified atom stereocenters. The van der Waals surface area contributed by atoms with E-state index in [1.165, 1.54) is 0 Å². The van der Waals surface area contributed by atoms with E-state index >= 15 is 0 Å². The molecule has 4 nitrogen and oxygen atoms in total. The molecule has 0 N–H and O–H groups in total. The lowest BCUT2D eigenvalue weighted by atomic mass is 10.2. The van der Waals surface area contributed by atoms with Crippen molar-refractivity contribution in [3.05, 3.63) is 34.2 Å². The van der Waals surface area contributed by atoms with Crippen molar-refractivity contribution < 1.29 is 4.74 Å². The minimum atomic E-state index is -0.105. The number of nitriles is 1. The summed E-state index contributed by atoms with van der Waals surface area (Å²) in [6.07, 6.45) is 1.86. The number of rotatable bonds is 4. The molecule has 1 rings (SSSR count). The Labute approximate surface area is 82.4 Å². The maximum atomic E-state index is 11.6. The van der Waals surface area contributed by atoms with Gasteiger partial charge in [0.2, 0.25) is 0 Å². The monoisotopic (exact) mass is 192 g/mol. The first kappa shape index (κ1) is 10.5. The molecule has 0 bridgehead atoms. The Bertz CT molecular complexity index is 390. The quantitative estimate of drug-likeness (QED) is 0.700. The van der Waals surface area contributed by atoms with E-state index < -0.39 is 0 Å². The molecule has 1 heterocycles. The normalized spacial score (nSPS) is 9.71. The molecule has 0 amide bonds. The van der Waals surface area contributed by atoms with Gasteiger partial charge >= 0.3 is 0 Å². The standard InChI is InChI=1S/C10H12N2O2/c1-14-8-7-12-6-2-3-9(4-5-11)10(12)13/h2-3,6H,4,7-8H2,1H3. The highest BCUT2D eigenvalue weighted by molar-refractivity contribution is 5.14. The van der Waals surface area contributed by atoms with Gasteiger partial charge in [-0.15, -0.1) is 0 Å². The summed E-state index contributed by atoms with van der Waals surface area (Å²) < 4.78 is 6.43. The number of methoxy groups -OCH3 is 1. The van der Waals surface area contributed by atoms with Crippen molar-refractivity contribution >= 4 is 0 Å². The second-order valence-corrected chi connectivity index (χ2v) is 2.86. The Morgan fingerprint density at radius 2 is 2.43 bits per heavy atom. The van der Waals surface area contributed by atoms with Crippen molar-refractivity contribution in [2.45, 2.75) is 13.0 Å². The van der Waals surface area contributed by atoms with E-state index in [0.29, 0.717) is 18.7 Å². The summed E-state index contributed by atoms with van der Waals surface area (Å²) in [6.45, 7) is 1.02. The lowest BCUT2D eigenvalue weighted by Gasteiger charge is -2.05. The molecule has 0 aliphatic heterocycles. The second kappa shape index (κ2) is 5.20. The molecule has 74 valence electrons. The highest BCUT2D eigenvalue weighted by atomic mass is 16.5. The Balaban J connectivity index is 2.91. The van der Waals surface area contributed by atoms with Crippen LogP contribution in [0.2, 0.25) is 0 Å². The van der Waals surface area contributed by atoms with Crippen LogP contribution >= 0.6 is 0 Å². The third-order valence-corrected chi connectivity index (χ3v) is 1.90. The van der Waals surface area contributed by atoms with E-state index in [4.69, 9.17) is 10.00 Å². The fourth-order valence-corrected chi connectivity index (χ4v) is 1.17. The lowest BCUT2D eigenvalue weighted by molar-refractivity contribution is 0.186. The molecular weight excluding hydrogens is 180 g/mol. The SMILES string of the molecule is COCCn1cccc(CC#N)c1=O. The van der Waals surface area contributed by atoms with Gasteiger partial charge in [-0.3, -0.25) is 4.79 Å². The molecule has 0 spiro atoms. The van der Waals surface area contributed by atoms with E-state index in [-0.39, 0.29) is 12.0 Å². The Morgan fingerprint density at radius 3 is 3.07 bits per heavy atom. The molecule has 4 heteroatoms. The summed E-state index contributed by atoms with van der Waals surface area (Å²) in [4.78, 5) is 11.6. The summed E-state index contributed by atoms with van der Waals surface area (Å²) in [5.74, 6) is 0. The smallest absolute Gasteiger partial charge is 0.254 e. The van der Waals surface area contributed by atoms with Crippen molar-refractivity contribution in [1.82, 2.24) is 4.57 Å². The van der Waals surface area contributed by atoms with Crippen LogP contribution in [0.15, 0.2) is 23.1 Å². The molecule has 0 aliphatic carbocycles. The molecule has 0 saturated heterocycles. The highest BCUT2D eigenvalue weighted by Gasteiger charge is 2.01. The van der Waals surface area contributed by atoms with Gasteiger partial charge in [-0.1, -0.05) is 6.07 Å². The second-order valence-electron chi connectivity index (χ2n) is 2.86. The van der Waals surface area contributed by atoms with E-state index in [1.54, 1.807) is 30.0 Å². The maximum Gasteiger partial charge on any atom is 0.254 e. The molecule has 0 radical (unpaired) electrons. The summed E-state index contributed by atoms with van der Waals surface area (Å²) in [6, 6.07) is 5.41. The van der Waals surface area contributed by atoms with Crippen LogP contribution in [0.4, 0.5) is 0 Å². The van der Waals surface area contributed by atoms with Crippen LogP contribution in [0.25, 0.3) is 0 Å². The minimum absolute atomic E-state index is 0.105. The fraction of sp³-hybridized carbons (Fsp3) is 0.400. The molecule has 14 heavy (non-hydrogen) atoms. The number of aromatic nitrogens is 1. The summed E-state index contributed by atoms with van der Waals surface area (Å²) in [5.41, 5.74) is 0.428. The van der Waals surface area contributed by atoms with Gasteiger partial charge in [0, 0.05) is 25.4 Å². The van der Waals surface area contributed by atoms with Crippen LogP contribution in [0.1, 0.15) is 5.56 Å². The van der Waals surface area contributed by atoms with Gasteiger partial charge < -0.3 is 9.30 Å². The molecule has 0 saturated carbocycles. The largest absolute Gasteiger partial charge is 0.383 e. The van der Waals surface area contributed by atoms with Gasteiger partial charge in [0.25, 0.3) is 5.56 Å². The Kier molecular flexibility index (Phi) is 3.89. The summed E-state index contributed by atoms with van der Waals surface area (Å²) in [7, 11) is 1.59. The number of hydrogen-bond acceptors (Lipinski definition) is 3. The average molecular weight is 192 g/mol. The molecule has 0 atom stereocenters. The highest BCUT2D eigenvalue weighted by Crippen LogP contribution is 1.92. The zero-order valence-corrected chi connectivity index (χ0v) is 8.06. The predicted molar refractivity (Wildman–Crippen MR) is 51.9 cm³/mol. The number of hydrogen-bond donors (Lipinski definition) is 0. The zero-order valence-electron chi connectivity index (χ0n) is 8.06. The van der Waals surface area contributed by atoms with E-state index in [0.717, 1.165) is 0 Å². The van der Waals surface area contributed by atoms with Crippen molar-refractivity contribution in [1.29, 1.82) is 5.26 Å². The van der Waals surface area contributed by atoms with Crippen molar-refractivity contribution in [3.8, 4) is 6.07 Å². The van der Waals surface area contributed by atoms with Crippen LogP contribution < -0.4 is 5.56 Å². The molecule has 1 aromatic rings. The number of pyridine rings is 1. The number of nitrogens with zero attached hydrogens (tertiary/aromatic N) is 2. The third kappa shape index (κ3) is 2.44. The van der Waals surface area contributed by atoms with Crippen LogP contribution in [0, 0.1) is 11.3 Å². The van der Waals surface area contributed by atoms with Gasteiger partial charge in [-0.05, 0) is 6.07 Å². The van der Waals surface area contributed by atoms with Gasteiger partial charge in [0.05, 0.1) is 19.1 Å². The van der Waals surface area contributed by atoms with Crippen molar-refractivity contribution in [2.24, 2.45) is 0 Å². The molecule has 0 aliphatic rings.